The Bertz CT molecular complexity index is 2620. The van der Waals surface area contributed by atoms with Gasteiger partial charge in [-0.15, -0.1) is 9.05 Å². The number of nitrogens with zero attached hydrogens (tertiary/aromatic N) is 8. The van der Waals surface area contributed by atoms with Crippen LogP contribution in [0.4, 0.5) is 20.4 Å². The fourth-order valence-electron chi connectivity index (χ4n) is 6.77. The van der Waals surface area contributed by atoms with E-state index in [1.54, 1.807) is 60.7 Å². The number of hydrogen-bond acceptors (Lipinski definition) is 16. The Morgan fingerprint density at radius 1 is 0.746 bits per heavy atom. The third-order valence-electron chi connectivity index (χ3n) is 9.54. The van der Waals surface area contributed by atoms with Crippen molar-refractivity contribution in [2.75, 3.05) is 23.8 Å². The molecule has 6 aromatic rings. The molecular formula is C34H29F2N10O10P2S+. The van der Waals surface area contributed by atoms with E-state index in [0.29, 0.717) is 11.1 Å². The largest absolute Gasteiger partial charge is 0.697 e. The van der Waals surface area contributed by atoms with Crippen LogP contribution >= 0.6 is 15.0 Å². The maximum Gasteiger partial charge on any atom is 0.697 e. The SMILES string of the molecule is O=C(Nc1ncnc2c1ncn2[C@@H]1O[C@@H]2CO[P+](=O)O[C@@H]3C(COP(O)(=S)O[C@H]2[C@H]1F)O[C@@H](n1cnc2c(NC(=O)c4ccccc4)ncnc21)[C@@H]3F)c1ccccc1. The smallest absolute Gasteiger partial charge is 0.346 e. The lowest BCUT2D eigenvalue weighted by Gasteiger charge is -2.25. The van der Waals surface area contributed by atoms with Gasteiger partial charge >= 0.3 is 15.0 Å². The van der Waals surface area contributed by atoms with Crippen LogP contribution < -0.4 is 10.6 Å². The Hall–Kier alpha value is -5.19. The van der Waals surface area contributed by atoms with Crippen molar-refractivity contribution in [3.05, 3.63) is 97.1 Å². The molecule has 0 aliphatic carbocycles. The summed E-state index contributed by atoms with van der Waals surface area (Å²) >= 11 is 5.25. The number of benzene rings is 2. The maximum absolute atomic E-state index is 16.4. The highest BCUT2D eigenvalue weighted by molar-refractivity contribution is 8.07. The van der Waals surface area contributed by atoms with Gasteiger partial charge in [-0.3, -0.25) is 23.2 Å². The van der Waals surface area contributed by atoms with Gasteiger partial charge in [-0.1, -0.05) is 36.4 Å². The number of halogens is 2. The molecule has 0 saturated carbocycles. The van der Waals surface area contributed by atoms with Crippen molar-refractivity contribution in [2.45, 2.75) is 49.2 Å². The second-order valence-corrected chi connectivity index (χ2v) is 16.9. The number of ether oxygens (including phenoxy) is 2. The van der Waals surface area contributed by atoms with E-state index >= 15 is 8.78 Å². The molecular weight excluding hydrogens is 840 g/mol. The summed E-state index contributed by atoms with van der Waals surface area (Å²) in [5.41, 5.74) is 1.09. The summed E-state index contributed by atoms with van der Waals surface area (Å²) in [5.74, 6) is -0.848. The van der Waals surface area contributed by atoms with Gasteiger partial charge in [0, 0.05) is 15.7 Å². The van der Waals surface area contributed by atoms with E-state index < -0.39 is 89.2 Å². The predicted octanol–water partition coefficient (Wildman–Crippen LogP) is 4.33. The number of aromatic nitrogens is 8. The van der Waals surface area contributed by atoms with E-state index in [9.17, 15) is 19.0 Å². The van der Waals surface area contributed by atoms with E-state index in [4.69, 9.17) is 39.4 Å². The zero-order valence-corrected chi connectivity index (χ0v) is 32.5. The highest BCUT2D eigenvalue weighted by atomic mass is 32.5. The third kappa shape index (κ3) is 7.73. The van der Waals surface area contributed by atoms with Crippen LogP contribution in [0, 0.1) is 0 Å². The van der Waals surface area contributed by atoms with Gasteiger partial charge in [0.15, 0.2) is 64.9 Å². The van der Waals surface area contributed by atoms with Crippen LogP contribution in [-0.4, -0.2) is 106 Å². The van der Waals surface area contributed by atoms with Crippen molar-refractivity contribution in [2.24, 2.45) is 0 Å². The van der Waals surface area contributed by atoms with Crippen LogP contribution in [0.25, 0.3) is 22.3 Å². The molecule has 9 rings (SSSR count). The van der Waals surface area contributed by atoms with Crippen molar-refractivity contribution in [1.82, 2.24) is 39.0 Å². The molecule has 2 amide bonds. The van der Waals surface area contributed by atoms with Crippen LogP contribution in [-0.2, 0) is 43.9 Å². The normalized spacial score (nSPS) is 29.3. The first-order chi connectivity index (χ1) is 28.5. The first kappa shape index (κ1) is 39.3. The number of fused-ring (bicyclic) bond motifs is 4. The molecule has 20 nitrogen and oxygen atoms in total. The van der Waals surface area contributed by atoms with Gasteiger partial charge < -0.3 is 29.5 Å². The average molecular weight is 870 g/mol. The van der Waals surface area contributed by atoms with Gasteiger partial charge in [0.05, 0.1) is 19.3 Å². The topological polar surface area (TPSA) is 238 Å². The second kappa shape index (κ2) is 16.1. The lowest BCUT2D eigenvalue weighted by molar-refractivity contribution is -0.0558. The van der Waals surface area contributed by atoms with Crippen LogP contribution in [0.2, 0.25) is 0 Å². The lowest BCUT2D eigenvalue weighted by Crippen LogP contribution is -2.36. The first-order valence-electron chi connectivity index (χ1n) is 17.6. The monoisotopic (exact) mass is 869 g/mol. The second-order valence-electron chi connectivity index (χ2n) is 13.2. The van der Waals surface area contributed by atoms with Crippen molar-refractivity contribution < 1.29 is 55.4 Å². The number of anilines is 2. The number of nitrogens with one attached hydrogen (secondary N) is 2. The van der Waals surface area contributed by atoms with Gasteiger partial charge in [0.2, 0.25) is 0 Å². The zero-order chi connectivity index (χ0) is 40.8. The number of carbonyl (C=O) groups is 2. The lowest BCUT2D eigenvalue weighted by atomic mass is 10.1. The van der Waals surface area contributed by atoms with Crippen LogP contribution in [0.15, 0.2) is 86.0 Å². The number of rotatable bonds is 6. The molecule has 3 N–H and O–H groups in total. The van der Waals surface area contributed by atoms with E-state index in [1.807, 2.05) is 0 Å². The Kier molecular flexibility index (Phi) is 10.7. The van der Waals surface area contributed by atoms with Crippen LogP contribution in [0.1, 0.15) is 33.2 Å². The van der Waals surface area contributed by atoms with Gasteiger partial charge in [-0.05, 0) is 36.1 Å². The summed E-state index contributed by atoms with van der Waals surface area (Å²) in [4.78, 5) is 62.0. The van der Waals surface area contributed by atoms with E-state index in [0.717, 1.165) is 12.7 Å². The molecule has 59 heavy (non-hydrogen) atoms. The highest BCUT2D eigenvalue weighted by Crippen LogP contribution is 2.52. The fourth-order valence-corrected chi connectivity index (χ4v) is 8.99. The molecule has 0 spiro atoms. The van der Waals surface area contributed by atoms with Gasteiger partial charge in [0.1, 0.15) is 37.6 Å². The highest BCUT2D eigenvalue weighted by Gasteiger charge is 2.55. The number of imidazole rings is 2. The summed E-state index contributed by atoms with van der Waals surface area (Å²) in [7, 11) is -3.11. The maximum atomic E-state index is 16.4. The molecule has 3 unspecified atom stereocenters. The Morgan fingerprint density at radius 3 is 1.76 bits per heavy atom. The van der Waals surface area contributed by atoms with E-state index in [1.165, 1.54) is 21.8 Å². The summed E-state index contributed by atoms with van der Waals surface area (Å²) in [5, 5.41) is 5.33. The molecule has 3 saturated heterocycles. The van der Waals surface area contributed by atoms with Crippen LogP contribution in [0.3, 0.4) is 0 Å². The molecule has 4 aromatic heterocycles. The standard InChI is InChI=1S/C34H28F2N10O10P2S/c35-21-25-20(54-33(21)45-15-41-23-27(37-13-39-29(23)45)43-31(47)17-7-3-1-4-8-17)12-52-58(50,59)56-26-19(11-51-57(49)55-25)53-34(22(26)36)46-16-42-24-28(38-14-40-30(24)46)44-32(48)18-9-5-2-6-10-18/h1-10,13-16,19-22,25-26,33-34H,11-12H2,(H2-,37,38,39,40,43,44,47,48,50,59)/p+1/t19-,20?,21-,22-,25-,26-,33-,34-,58?/m1/s1. The first-order valence-corrected chi connectivity index (χ1v) is 21.3. The zero-order valence-electron chi connectivity index (χ0n) is 29.9. The Labute approximate surface area is 336 Å². The number of alkyl halides is 2. The summed E-state index contributed by atoms with van der Waals surface area (Å²) in [6.45, 7) is -5.64. The minimum Gasteiger partial charge on any atom is -0.346 e. The van der Waals surface area contributed by atoms with Crippen LogP contribution in [0.5, 0.6) is 0 Å². The molecule has 0 radical (unpaired) electrons. The molecule has 3 fully saturated rings. The molecule has 25 heteroatoms. The van der Waals surface area contributed by atoms with Gasteiger partial charge in [-0.25, -0.2) is 38.7 Å². The van der Waals surface area contributed by atoms with Crippen molar-refractivity contribution in [3.8, 4) is 0 Å². The molecule has 3 aliphatic rings. The van der Waals surface area contributed by atoms with Crippen molar-refractivity contribution >= 4 is 72.6 Å². The molecule has 10 atom stereocenters. The number of carbonyl (C=O) groups excluding carboxylic acids is 2. The molecule has 7 heterocycles. The molecule has 304 valence electrons. The van der Waals surface area contributed by atoms with Gasteiger partial charge in [-0.2, -0.15) is 0 Å². The quantitative estimate of drug-likeness (QED) is 0.197. The summed E-state index contributed by atoms with van der Waals surface area (Å²) < 4.78 is 82.5. The number of amides is 2. The predicted molar refractivity (Wildman–Crippen MR) is 203 cm³/mol. The molecule has 3 aliphatic heterocycles. The Morgan fingerprint density at radius 2 is 1.24 bits per heavy atom. The van der Waals surface area contributed by atoms with E-state index in [2.05, 4.69) is 40.5 Å². The summed E-state index contributed by atoms with van der Waals surface area (Å²) in [6.07, 6.45) is -8.44. The van der Waals surface area contributed by atoms with Crippen molar-refractivity contribution in [1.29, 1.82) is 0 Å². The van der Waals surface area contributed by atoms with Gasteiger partial charge in [0.25, 0.3) is 11.8 Å². The number of hydrogen-bond donors (Lipinski definition) is 3. The minimum absolute atomic E-state index is 0.0447. The summed E-state index contributed by atoms with van der Waals surface area (Å²) in [6, 6.07) is 16.7. The molecule has 2 aromatic carbocycles. The van der Waals surface area contributed by atoms with Crippen molar-refractivity contribution in [3.63, 3.8) is 0 Å². The average Bonchev–Trinajstić information content (AvgIpc) is 4.01. The minimum atomic E-state index is -4.35. The third-order valence-corrected chi connectivity index (χ3v) is 11.9. The van der Waals surface area contributed by atoms with E-state index in [-0.39, 0.29) is 34.0 Å². The fraction of sp³-hybridized carbons (Fsp3) is 0.294. The molecule has 0 bridgehead atoms. The Balaban J connectivity index is 0.921.